The van der Waals surface area contributed by atoms with Crippen molar-refractivity contribution in [3.8, 4) is 28.5 Å². The van der Waals surface area contributed by atoms with E-state index in [1.165, 1.54) is 5.56 Å². The van der Waals surface area contributed by atoms with Crippen molar-refractivity contribution in [2.24, 2.45) is 0 Å². The van der Waals surface area contributed by atoms with E-state index in [9.17, 15) is 4.79 Å². The fourth-order valence-electron chi connectivity index (χ4n) is 3.50. The quantitative estimate of drug-likeness (QED) is 0.483. The van der Waals surface area contributed by atoms with Gasteiger partial charge in [0.05, 0.1) is 5.69 Å². The van der Waals surface area contributed by atoms with Crippen LogP contribution in [0, 0.1) is 11.3 Å². The van der Waals surface area contributed by atoms with Crippen LogP contribution in [0.3, 0.4) is 0 Å². The van der Waals surface area contributed by atoms with Gasteiger partial charge in [-0.25, -0.2) is 0 Å². The molecule has 0 atom stereocenters. The normalized spacial score (nSPS) is 12.2. The van der Waals surface area contributed by atoms with Crippen LogP contribution in [0.1, 0.15) is 21.6 Å². The number of ketones is 1. The maximum absolute atomic E-state index is 12.2. The predicted molar refractivity (Wildman–Crippen MR) is 99.0 cm³/mol. The van der Waals surface area contributed by atoms with E-state index in [1.807, 2.05) is 18.2 Å². The summed E-state index contributed by atoms with van der Waals surface area (Å²) in [7, 11) is 0. The molecule has 122 valence electrons. The summed E-state index contributed by atoms with van der Waals surface area (Å²) in [6, 6.07) is 15.0. The summed E-state index contributed by atoms with van der Waals surface area (Å²) in [5.74, 6) is -0.599. The summed E-state index contributed by atoms with van der Waals surface area (Å²) < 4.78 is 0. The number of carbonyl (C=O) groups excluding carboxylic acids is 1. The number of rotatable bonds is 2. The van der Waals surface area contributed by atoms with Gasteiger partial charge < -0.3 is 4.98 Å². The number of carbonyl (C=O) groups is 1. The topological polar surface area (TPSA) is 56.6 Å². The SMILES string of the molecule is N#CC(=O)c1[nH]c2c(c1-c1cc(Cl)cc(Cl)c1)CCc1ccccc1-2. The number of hydrogen-bond donors (Lipinski definition) is 1. The molecule has 0 aliphatic heterocycles. The van der Waals surface area contributed by atoms with E-state index in [2.05, 4.69) is 11.1 Å². The molecule has 0 bridgehead atoms. The number of nitrogens with one attached hydrogen (secondary N) is 1. The van der Waals surface area contributed by atoms with Crippen molar-refractivity contribution in [1.82, 2.24) is 4.98 Å². The van der Waals surface area contributed by atoms with Crippen molar-refractivity contribution in [1.29, 1.82) is 5.26 Å². The first-order chi connectivity index (χ1) is 12.1. The zero-order valence-corrected chi connectivity index (χ0v) is 14.6. The molecule has 0 saturated heterocycles. The van der Waals surface area contributed by atoms with Gasteiger partial charge >= 0.3 is 0 Å². The highest BCUT2D eigenvalue weighted by atomic mass is 35.5. The lowest BCUT2D eigenvalue weighted by Crippen LogP contribution is -2.03. The highest BCUT2D eigenvalue weighted by Crippen LogP contribution is 2.42. The maximum atomic E-state index is 12.2. The molecule has 0 radical (unpaired) electrons. The zero-order valence-electron chi connectivity index (χ0n) is 13.1. The molecule has 4 rings (SSSR count). The van der Waals surface area contributed by atoms with Crippen LogP contribution in [0.4, 0.5) is 0 Å². The Morgan fingerprint density at radius 3 is 2.52 bits per heavy atom. The van der Waals surface area contributed by atoms with Crippen molar-refractivity contribution < 1.29 is 4.79 Å². The lowest BCUT2D eigenvalue weighted by molar-refractivity contribution is 0.105. The van der Waals surface area contributed by atoms with E-state index in [0.29, 0.717) is 15.7 Å². The van der Waals surface area contributed by atoms with Gasteiger partial charge in [0.25, 0.3) is 5.78 Å². The summed E-state index contributed by atoms with van der Waals surface area (Å²) in [6.45, 7) is 0. The van der Waals surface area contributed by atoms with E-state index >= 15 is 0 Å². The lowest BCUT2D eigenvalue weighted by atomic mass is 9.86. The molecule has 0 amide bonds. The summed E-state index contributed by atoms with van der Waals surface area (Å²) in [5, 5.41) is 10.1. The molecule has 0 unspecified atom stereocenters. The minimum atomic E-state index is -0.599. The minimum Gasteiger partial charge on any atom is -0.350 e. The van der Waals surface area contributed by atoms with Gasteiger partial charge in [0.15, 0.2) is 0 Å². The Balaban J connectivity index is 2.03. The molecule has 1 aliphatic carbocycles. The van der Waals surface area contributed by atoms with Gasteiger partial charge in [-0.15, -0.1) is 0 Å². The van der Waals surface area contributed by atoms with Gasteiger partial charge in [-0.05, 0) is 47.7 Å². The Morgan fingerprint density at radius 1 is 1.08 bits per heavy atom. The first-order valence-corrected chi connectivity index (χ1v) is 8.58. The second kappa shape index (κ2) is 6.07. The summed E-state index contributed by atoms with van der Waals surface area (Å²) in [5.41, 5.74) is 5.97. The second-order valence-electron chi connectivity index (χ2n) is 5.98. The number of nitrogens with zero attached hydrogens (tertiary/aromatic N) is 1. The molecule has 0 spiro atoms. The molecule has 0 saturated carbocycles. The molecular formula is C20H12Cl2N2O. The number of aromatic nitrogens is 1. The third kappa shape index (κ3) is 2.64. The molecule has 3 aromatic rings. The number of aryl methyl sites for hydroxylation is 1. The Labute approximate surface area is 154 Å². The van der Waals surface area contributed by atoms with Crippen molar-refractivity contribution in [2.45, 2.75) is 12.8 Å². The third-order valence-corrected chi connectivity index (χ3v) is 4.95. The van der Waals surface area contributed by atoms with Gasteiger partial charge in [0.2, 0.25) is 0 Å². The van der Waals surface area contributed by atoms with Gasteiger partial charge in [0, 0.05) is 21.2 Å². The fourth-order valence-corrected chi connectivity index (χ4v) is 4.03. The van der Waals surface area contributed by atoms with Gasteiger partial charge in [-0.3, -0.25) is 4.79 Å². The molecule has 1 N–H and O–H groups in total. The lowest BCUT2D eigenvalue weighted by Gasteiger charge is -2.17. The van der Waals surface area contributed by atoms with Crippen molar-refractivity contribution in [3.63, 3.8) is 0 Å². The van der Waals surface area contributed by atoms with Crippen LogP contribution in [0.15, 0.2) is 42.5 Å². The highest BCUT2D eigenvalue weighted by Gasteiger charge is 2.27. The standard InChI is InChI=1S/C20H12Cl2N2O/c21-13-7-12(8-14(22)9-13)18-16-6-5-11-3-1-2-4-15(11)19(16)24-20(18)17(25)10-23/h1-4,7-9,24H,5-6H2. The molecule has 3 nitrogen and oxygen atoms in total. The average Bonchev–Trinajstić information content (AvgIpc) is 3.00. The average molecular weight is 367 g/mol. The number of aromatic amines is 1. The Morgan fingerprint density at radius 2 is 1.80 bits per heavy atom. The van der Waals surface area contributed by atoms with Crippen molar-refractivity contribution in [2.75, 3.05) is 0 Å². The molecule has 1 aliphatic rings. The fraction of sp³-hybridized carbons (Fsp3) is 0.100. The number of halogens is 2. The highest BCUT2D eigenvalue weighted by molar-refractivity contribution is 6.35. The number of benzene rings is 2. The van der Waals surface area contributed by atoms with Gasteiger partial charge in [0.1, 0.15) is 11.8 Å². The van der Waals surface area contributed by atoms with Gasteiger partial charge in [-0.2, -0.15) is 5.26 Å². The zero-order chi connectivity index (χ0) is 17.6. The number of nitriles is 1. The Bertz CT molecular complexity index is 1040. The Hall–Kier alpha value is -2.54. The molecular weight excluding hydrogens is 355 g/mol. The van der Waals surface area contributed by atoms with E-state index in [1.54, 1.807) is 24.3 Å². The first-order valence-electron chi connectivity index (χ1n) is 7.82. The van der Waals surface area contributed by atoms with E-state index in [4.69, 9.17) is 28.5 Å². The van der Waals surface area contributed by atoms with Crippen LogP contribution in [0.2, 0.25) is 10.0 Å². The summed E-state index contributed by atoms with van der Waals surface area (Å²) in [6.07, 6.45) is 1.66. The van der Waals surface area contributed by atoms with Crippen LogP contribution in [-0.4, -0.2) is 10.8 Å². The van der Waals surface area contributed by atoms with Crippen LogP contribution in [0.5, 0.6) is 0 Å². The van der Waals surface area contributed by atoms with Crippen LogP contribution in [-0.2, 0) is 12.8 Å². The minimum absolute atomic E-state index is 0.294. The molecule has 0 fully saturated rings. The molecule has 2 aromatic carbocycles. The summed E-state index contributed by atoms with van der Waals surface area (Å²) >= 11 is 12.3. The predicted octanol–water partition coefficient (Wildman–Crippen LogP) is 5.46. The monoisotopic (exact) mass is 366 g/mol. The third-order valence-electron chi connectivity index (χ3n) is 4.51. The first kappa shape index (κ1) is 16.0. The van der Waals surface area contributed by atoms with Crippen LogP contribution >= 0.6 is 23.2 Å². The molecule has 1 heterocycles. The molecule has 5 heteroatoms. The molecule has 25 heavy (non-hydrogen) atoms. The van der Waals surface area contributed by atoms with Crippen molar-refractivity contribution >= 4 is 29.0 Å². The van der Waals surface area contributed by atoms with Crippen LogP contribution < -0.4 is 0 Å². The Kier molecular flexibility index (Phi) is 3.88. The number of fused-ring (bicyclic) bond motifs is 3. The van der Waals surface area contributed by atoms with E-state index in [0.717, 1.165) is 40.8 Å². The number of hydrogen-bond acceptors (Lipinski definition) is 2. The smallest absolute Gasteiger partial charge is 0.278 e. The van der Waals surface area contributed by atoms with Gasteiger partial charge in [-0.1, -0.05) is 47.5 Å². The van der Waals surface area contributed by atoms with Crippen molar-refractivity contribution in [3.05, 3.63) is 69.3 Å². The second-order valence-corrected chi connectivity index (χ2v) is 6.86. The number of H-pyrrole nitrogens is 1. The summed E-state index contributed by atoms with van der Waals surface area (Å²) in [4.78, 5) is 15.4. The molecule has 1 aromatic heterocycles. The largest absolute Gasteiger partial charge is 0.350 e. The van der Waals surface area contributed by atoms with E-state index in [-0.39, 0.29) is 0 Å². The number of Topliss-reactive ketones (excluding diaryl/α,β-unsaturated/α-hetero) is 1. The van der Waals surface area contributed by atoms with E-state index < -0.39 is 5.78 Å². The maximum Gasteiger partial charge on any atom is 0.278 e. The van der Waals surface area contributed by atoms with Crippen LogP contribution in [0.25, 0.3) is 22.4 Å².